The molecule has 2 rings (SSSR count). The second kappa shape index (κ2) is 5.46. The Kier molecular flexibility index (Phi) is 3.93. The van der Waals surface area contributed by atoms with E-state index in [0.29, 0.717) is 0 Å². The first-order valence-electron chi connectivity index (χ1n) is 5.77. The van der Waals surface area contributed by atoms with E-state index in [0.717, 1.165) is 21.9 Å². The van der Waals surface area contributed by atoms with Gasteiger partial charge in [0.2, 0.25) is 0 Å². The molecule has 18 heavy (non-hydrogen) atoms. The third-order valence-electron chi connectivity index (χ3n) is 2.77. The van der Waals surface area contributed by atoms with E-state index in [-0.39, 0.29) is 5.92 Å². The van der Waals surface area contributed by atoms with Crippen LogP contribution in [0.1, 0.15) is 42.0 Å². The molecule has 0 bridgehead atoms. The molecule has 96 valence electrons. The largest absolute Gasteiger partial charge is 0.497 e. The second-order valence-electron chi connectivity index (χ2n) is 4.35. The summed E-state index contributed by atoms with van der Waals surface area (Å²) in [6, 6.07) is 7.38. The zero-order chi connectivity index (χ0) is 13.1. The Morgan fingerprint density at radius 1 is 1.22 bits per heavy atom. The minimum Gasteiger partial charge on any atom is -0.497 e. The highest BCUT2D eigenvalue weighted by molar-refractivity contribution is 7.05. The average molecular weight is 264 g/mol. The fourth-order valence-corrected chi connectivity index (χ4v) is 2.55. The van der Waals surface area contributed by atoms with E-state index in [4.69, 9.17) is 4.74 Å². The molecule has 0 amide bonds. The molecule has 4 nitrogen and oxygen atoms in total. The van der Waals surface area contributed by atoms with Gasteiger partial charge in [-0.05, 0) is 35.1 Å². The van der Waals surface area contributed by atoms with Crippen LogP contribution >= 0.6 is 11.5 Å². The first-order valence-corrected chi connectivity index (χ1v) is 6.55. The van der Waals surface area contributed by atoms with Gasteiger partial charge in [0.25, 0.3) is 0 Å². The third-order valence-corrected chi connectivity index (χ3v) is 3.56. The standard InChI is InChI=1S/C13H16N2O2S/c1-8(2)11-13(18-15-14-11)12(16)9-4-6-10(17-3)7-5-9/h4-8,12,16H,1-3H3. The lowest BCUT2D eigenvalue weighted by molar-refractivity contribution is 0.222. The summed E-state index contributed by atoms with van der Waals surface area (Å²) >= 11 is 1.25. The fraction of sp³-hybridized carbons (Fsp3) is 0.385. The van der Waals surface area contributed by atoms with Crippen molar-refractivity contribution in [3.63, 3.8) is 0 Å². The van der Waals surface area contributed by atoms with Gasteiger partial charge in [-0.2, -0.15) is 0 Å². The predicted octanol–water partition coefficient (Wildman–Crippen LogP) is 2.75. The highest BCUT2D eigenvalue weighted by Crippen LogP contribution is 2.31. The Labute approximate surface area is 110 Å². The zero-order valence-electron chi connectivity index (χ0n) is 10.6. The van der Waals surface area contributed by atoms with E-state index in [1.165, 1.54) is 11.5 Å². The molecule has 1 N–H and O–H groups in total. The summed E-state index contributed by atoms with van der Waals surface area (Å²) in [6.07, 6.45) is -0.673. The number of nitrogens with zero attached hydrogens (tertiary/aromatic N) is 2. The lowest BCUT2D eigenvalue weighted by atomic mass is 10.0. The van der Waals surface area contributed by atoms with Crippen LogP contribution in [0.5, 0.6) is 5.75 Å². The Bertz CT molecular complexity index is 508. The maximum Gasteiger partial charge on any atom is 0.118 e. The van der Waals surface area contributed by atoms with Gasteiger partial charge in [-0.1, -0.05) is 30.5 Å². The van der Waals surface area contributed by atoms with Crippen molar-refractivity contribution >= 4 is 11.5 Å². The third kappa shape index (κ3) is 2.52. The normalized spacial score (nSPS) is 12.7. The van der Waals surface area contributed by atoms with Crippen molar-refractivity contribution < 1.29 is 9.84 Å². The van der Waals surface area contributed by atoms with Gasteiger partial charge in [-0.15, -0.1) is 5.10 Å². The molecule has 0 aliphatic rings. The molecule has 2 aromatic rings. The number of methoxy groups -OCH3 is 1. The lowest BCUT2D eigenvalue weighted by Gasteiger charge is -2.12. The number of aromatic nitrogens is 2. The van der Waals surface area contributed by atoms with Gasteiger partial charge in [-0.25, -0.2) is 0 Å². The Hall–Kier alpha value is -1.46. The van der Waals surface area contributed by atoms with Crippen LogP contribution in [0.2, 0.25) is 0 Å². The van der Waals surface area contributed by atoms with Gasteiger partial charge >= 0.3 is 0 Å². The Morgan fingerprint density at radius 3 is 2.44 bits per heavy atom. The number of aliphatic hydroxyl groups excluding tert-OH is 1. The minimum atomic E-state index is -0.673. The summed E-state index contributed by atoms with van der Waals surface area (Å²) in [6.45, 7) is 4.09. The van der Waals surface area contributed by atoms with Crippen LogP contribution in [-0.2, 0) is 0 Å². The van der Waals surface area contributed by atoms with Gasteiger partial charge in [0.1, 0.15) is 11.9 Å². The molecular formula is C13H16N2O2S. The van der Waals surface area contributed by atoms with Gasteiger partial charge in [-0.3, -0.25) is 0 Å². The van der Waals surface area contributed by atoms with Gasteiger partial charge in [0.15, 0.2) is 0 Å². The van der Waals surface area contributed by atoms with Crippen LogP contribution in [0, 0.1) is 0 Å². The molecule has 1 atom stereocenters. The lowest BCUT2D eigenvalue weighted by Crippen LogP contribution is -2.02. The summed E-state index contributed by atoms with van der Waals surface area (Å²) in [5.41, 5.74) is 1.69. The summed E-state index contributed by atoms with van der Waals surface area (Å²) in [5.74, 6) is 1.03. The molecule has 1 aromatic heterocycles. The Morgan fingerprint density at radius 2 is 1.89 bits per heavy atom. The maximum absolute atomic E-state index is 10.4. The van der Waals surface area contributed by atoms with Crippen molar-refractivity contribution in [2.45, 2.75) is 25.9 Å². The van der Waals surface area contributed by atoms with E-state index in [1.54, 1.807) is 7.11 Å². The van der Waals surface area contributed by atoms with Crippen LogP contribution in [-0.4, -0.2) is 21.8 Å². The molecule has 0 spiro atoms. The average Bonchev–Trinajstić information content (AvgIpc) is 2.87. The van der Waals surface area contributed by atoms with E-state index in [9.17, 15) is 5.11 Å². The number of aliphatic hydroxyl groups is 1. The van der Waals surface area contributed by atoms with Crippen molar-refractivity contribution in [1.82, 2.24) is 9.59 Å². The number of hydrogen-bond donors (Lipinski definition) is 1. The number of rotatable bonds is 4. The topological polar surface area (TPSA) is 55.2 Å². The number of ether oxygens (including phenoxy) is 1. The molecule has 1 aromatic carbocycles. The summed E-state index contributed by atoms with van der Waals surface area (Å²) < 4.78 is 9.03. The summed E-state index contributed by atoms with van der Waals surface area (Å²) in [4.78, 5) is 0.815. The van der Waals surface area contributed by atoms with Crippen molar-refractivity contribution in [3.8, 4) is 5.75 Å². The van der Waals surface area contributed by atoms with E-state index in [1.807, 2.05) is 38.1 Å². The van der Waals surface area contributed by atoms with Gasteiger partial charge in [0.05, 0.1) is 17.7 Å². The fourth-order valence-electron chi connectivity index (χ4n) is 1.73. The van der Waals surface area contributed by atoms with Crippen LogP contribution in [0.4, 0.5) is 0 Å². The highest BCUT2D eigenvalue weighted by atomic mass is 32.1. The summed E-state index contributed by atoms with van der Waals surface area (Å²) in [5, 5.41) is 14.4. The van der Waals surface area contributed by atoms with Crippen LogP contribution in [0.25, 0.3) is 0 Å². The highest BCUT2D eigenvalue weighted by Gasteiger charge is 2.20. The van der Waals surface area contributed by atoms with E-state index >= 15 is 0 Å². The molecule has 0 saturated carbocycles. The van der Waals surface area contributed by atoms with Crippen LogP contribution < -0.4 is 4.74 Å². The quantitative estimate of drug-likeness (QED) is 0.922. The Balaban J connectivity index is 2.29. The second-order valence-corrected chi connectivity index (χ2v) is 5.14. The van der Waals surface area contributed by atoms with Crippen molar-refractivity contribution in [3.05, 3.63) is 40.4 Å². The SMILES string of the molecule is COc1ccc(C(O)c2snnc2C(C)C)cc1. The molecule has 0 aliphatic heterocycles. The van der Waals surface area contributed by atoms with E-state index < -0.39 is 6.10 Å². The molecule has 1 unspecified atom stereocenters. The minimum absolute atomic E-state index is 0.256. The summed E-state index contributed by atoms with van der Waals surface area (Å²) in [7, 11) is 1.62. The molecule has 0 saturated heterocycles. The van der Waals surface area contributed by atoms with Gasteiger partial charge < -0.3 is 9.84 Å². The van der Waals surface area contributed by atoms with E-state index in [2.05, 4.69) is 9.59 Å². The first kappa shape index (κ1) is 13.0. The van der Waals surface area contributed by atoms with Crippen molar-refractivity contribution in [2.24, 2.45) is 0 Å². The molecule has 5 heteroatoms. The number of benzene rings is 1. The first-order chi connectivity index (χ1) is 8.63. The molecule has 0 fully saturated rings. The smallest absolute Gasteiger partial charge is 0.118 e. The predicted molar refractivity (Wildman–Crippen MR) is 71.1 cm³/mol. The molecule has 1 heterocycles. The molecule has 0 radical (unpaired) electrons. The van der Waals surface area contributed by atoms with Crippen LogP contribution in [0.15, 0.2) is 24.3 Å². The molecular weight excluding hydrogens is 248 g/mol. The van der Waals surface area contributed by atoms with Crippen LogP contribution in [0.3, 0.4) is 0 Å². The van der Waals surface area contributed by atoms with Crippen molar-refractivity contribution in [2.75, 3.05) is 7.11 Å². The monoisotopic (exact) mass is 264 g/mol. The molecule has 0 aliphatic carbocycles. The van der Waals surface area contributed by atoms with Crippen molar-refractivity contribution in [1.29, 1.82) is 0 Å². The van der Waals surface area contributed by atoms with Gasteiger partial charge in [0, 0.05) is 0 Å². The number of hydrogen-bond acceptors (Lipinski definition) is 5. The maximum atomic E-state index is 10.4. The zero-order valence-corrected chi connectivity index (χ0v) is 11.4.